The summed E-state index contributed by atoms with van der Waals surface area (Å²) in [5, 5.41) is 2.39. The van der Waals surface area contributed by atoms with Crippen molar-refractivity contribution in [2.45, 2.75) is 27.7 Å². The van der Waals surface area contributed by atoms with Gasteiger partial charge in [-0.2, -0.15) is 0 Å². The van der Waals surface area contributed by atoms with E-state index in [0.29, 0.717) is 9.90 Å². The molecular weight excluding hydrogens is 264 g/mol. The van der Waals surface area contributed by atoms with Gasteiger partial charge in [0.05, 0.1) is 9.90 Å². The number of benzene rings is 1. The molecule has 0 amide bonds. The molecule has 0 aliphatic carbocycles. The molecular formula is C15H15ClOS. The van der Waals surface area contributed by atoms with Crippen LogP contribution >= 0.6 is 22.9 Å². The van der Waals surface area contributed by atoms with Crippen molar-refractivity contribution in [2.24, 2.45) is 0 Å². The first kappa shape index (κ1) is 13.3. The lowest BCUT2D eigenvalue weighted by molar-refractivity contribution is 0.104. The van der Waals surface area contributed by atoms with E-state index in [2.05, 4.69) is 6.07 Å². The smallest absolute Gasteiger partial charge is 0.205 e. The number of rotatable bonds is 2. The molecule has 0 unspecified atom stereocenters. The van der Waals surface area contributed by atoms with E-state index in [1.165, 1.54) is 11.3 Å². The van der Waals surface area contributed by atoms with Gasteiger partial charge in [-0.1, -0.05) is 17.7 Å². The van der Waals surface area contributed by atoms with E-state index in [0.717, 1.165) is 27.8 Å². The number of thiophene rings is 1. The highest BCUT2D eigenvalue weighted by molar-refractivity contribution is 7.13. The SMILES string of the molecule is Cc1cc(C)c(C)c(C(=O)c2sccc2Cl)c1C. The first-order valence-electron chi connectivity index (χ1n) is 5.78. The lowest BCUT2D eigenvalue weighted by Gasteiger charge is -2.13. The van der Waals surface area contributed by atoms with Crippen LogP contribution in [0.25, 0.3) is 0 Å². The van der Waals surface area contributed by atoms with Crippen LogP contribution in [-0.4, -0.2) is 5.78 Å². The molecule has 94 valence electrons. The third kappa shape index (κ3) is 2.11. The Morgan fingerprint density at radius 3 is 2.11 bits per heavy atom. The predicted octanol–water partition coefficient (Wildman–Crippen LogP) is 4.87. The van der Waals surface area contributed by atoms with Gasteiger partial charge in [-0.25, -0.2) is 0 Å². The summed E-state index contributed by atoms with van der Waals surface area (Å²) in [5.41, 5.74) is 5.19. The molecule has 3 heteroatoms. The van der Waals surface area contributed by atoms with Crippen molar-refractivity contribution in [1.82, 2.24) is 0 Å². The number of hydrogen-bond acceptors (Lipinski definition) is 2. The molecule has 2 rings (SSSR count). The molecule has 0 aliphatic rings. The molecule has 0 saturated heterocycles. The Balaban J connectivity index is 2.66. The molecule has 0 aliphatic heterocycles. The molecule has 1 aromatic carbocycles. The fraction of sp³-hybridized carbons (Fsp3) is 0.267. The van der Waals surface area contributed by atoms with E-state index in [1.807, 2.05) is 33.1 Å². The quantitative estimate of drug-likeness (QED) is 0.717. The topological polar surface area (TPSA) is 17.1 Å². The number of carbonyl (C=O) groups is 1. The van der Waals surface area contributed by atoms with E-state index in [4.69, 9.17) is 11.6 Å². The molecule has 0 saturated carbocycles. The molecule has 2 aromatic rings. The summed E-state index contributed by atoms with van der Waals surface area (Å²) in [4.78, 5) is 13.2. The Labute approximate surface area is 116 Å². The Morgan fingerprint density at radius 2 is 1.67 bits per heavy atom. The van der Waals surface area contributed by atoms with Gasteiger partial charge in [-0.15, -0.1) is 11.3 Å². The van der Waals surface area contributed by atoms with Gasteiger partial charge in [-0.3, -0.25) is 4.79 Å². The van der Waals surface area contributed by atoms with Gasteiger partial charge in [0.25, 0.3) is 0 Å². The summed E-state index contributed by atoms with van der Waals surface area (Å²) in [6.07, 6.45) is 0. The second-order valence-corrected chi connectivity index (χ2v) is 5.89. The standard InChI is InChI=1S/C15H15ClOS/c1-8-7-9(2)11(4)13(10(8)3)14(17)15-12(16)5-6-18-15/h5-7H,1-4H3. The maximum atomic E-state index is 12.6. The van der Waals surface area contributed by atoms with Crippen molar-refractivity contribution < 1.29 is 4.79 Å². The van der Waals surface area contributed by atoms with E-state index in [9.17, 15) is 4.79 Å². The minimum absolute atomic E-state index is 0.0387. The van der Waals surface area contributed by atoms with Crippen molar-refractivity contribution in [3.8, 4) is 0 Å². The average molecular weight is 279 g/mol. The number of ketones is 1. The van der Waals surface area contributed by atoms with Crippen molar-refractivity contribution in [2.75, 3.05) is 0 Å². The minimum atomic E-state index is 0.0387. The van der Waals surface area contributed by atoms with Crippen LogP contribution in [0.1, 0.15) is 37.5 Å². The molecule has 0 spiro atoms. The van der Waals surface area contributed by atoms with Crippen LogP contribution in [0.2, 0.25) is 5.02 Å². The monoisotopic (exact) mass is 278 g/mol. The van der Waals surface area contributed by atoms with E-state index in [-0.39, 0.29) is 5.78 Å². The van der Waals surface area contributed by atoms with Crippen molar-refractivity contribution >= 4 is 28.7 Å². The molecule has 0 atom stereocenters. The maximum absolute atomic E-state index is 12.6. The van der Waals surface area contributed by atoms with Crippen LogP contribution in [-0.2, 0) is 0 Å². The summed E-state index contributed by atoms with van der Waals surface area (Å²) in [6.45, 7) is 8.07. The third-order valence-corrected chi connectivity index (χ3v) is 4.76. The van der Waals surface area contributed by atoms with Gasteiger partial charge >= 0.3 is 0 Å². The molecule has 0 fully saturated rings. The highest BCUT2D eigenvalue weighted by atomic mass is 35.5. The average Bonchev–Trinajstić information content (AvgIpc) is 2.73. The molecule has 18 heavy (non-hydrogen) atoms. The van der Waals surface area contributed by atoms with E-state index in [1.54, 1.807) is 6.07 Å². The van der Waals surface area contributed by atoms with Gasteiger partial charge in [0.15, 0.2) is 0 Å². The molecule has 0 N–H and O–H groups in total. The van der Waals surface area contributed by atoms with Gasteiger partial charge in [0, 0.05) is 5.56 Å². The number of aryl methyl sites for hydroxylation is 2. The fourth-order valence-corrected chi connectivity index (χ4v) is 3.21. The molecule has 1 nitrogen and oxygen atoms in total. The number of carbonyl (C=O) groups excluding carboxylic acids is 1. The van der Waals surface area contributed by atoms with Crippen molar-refractivity contribution in [3.63, 3.8) is 0 Å². The lowest BCUT2D eigenvalue weighted by atomic mass is 9.91. The summed E-state index contributed by atoms with van der Waals surface area (Å²) < 4.78 is 0. The van der Waals surface area contributed by atoms with Crippen LogP contribution in [0.3, 0.4) is 0 Å². The van der Waals surface area contributed by atoms with Crippen LogP contribution in [0.4, 0.5) is 0 Å². The Morgan fingerprint density at radius 1 is 1.11 bits per heavy atom. The normalized spacial score (nSPS) is 10.7. The summed E-state index contributed by atoms with van der Waals surface area (Å²) in [6, 6.07) is 3.89. The zero-order valence-electron chi connectivity index (χ0n) is 10.9. The maximum Gasteiger partial charge on any atom is 0.205 e. The lowest BCUT2D eigenvalue weighted by Crippen LogP contribution is -2.08. The molecule has 0 radical (unpaired) electrons. The van der Waals surface area contributed by atoms with Crippen LogP contribution in [0.5, 0.6) is 0 Å². The Bertz CT molecular complexity index is 599. The third-order valence-electron chi connectivity index (χ3n) is 3.42. The molecule has 1 heterocycles. The summed E-state index contributed by atoms with van der Waals surface area (Å²) in [5.74, 6) is 0.0387. The molecule has 1 aromatic heterocycles. The van der Waals surface area contributed by atoms with Crippen LogP contribution in [0.15, 0.2) is 17.5 Å². The Kier molecular flexibility index (Phi) is 3.60. The second kappa shape index (κ2) is 4.87. The van der Waals surface area contributed by atoms with Gasteiger partial charge in [0.2, 0.25) is 5.78 Å². The largest absolute Gasteiger partial charge is 0.288 e. The van der Waals surface area contributed by atoms with Gasteiger partial charge in [0.1, 0.15) is 0 Å². The van der Waals surface area contributed by atoms with Crippen LogP contribution < -0.4 is 0 Å². The van der Waals surface area contributed by atoms with Gasteiger partial charge < -0.3 is 0 Å². The highest BCUT2D eigenvalue weighted by Gasteiger charge is 2.20. The van der Waals surface area contributed by atoms with Gasteiger partial charge in [-0.05, 0) is 61.4 Å². The first-order valence-corrected chi connectivity index (χ1v) is 7.04. The molecule has 0 bridgehead atoms. The van der Waals surface area contributed by atoms with Crippen molar-refractivity contribution in [3.05, 3.63) is 55.2 Å². The first-order chi connectivity index (χ1) is 8.43. The van der Waals surface area contributed by atoms with E-state index < -0.39 is 0 Å². The van der Waals surface area contributed by atoms with E-state index >= 15 is 0 Å². The number of halogens is 1. The number of hydrogen-bond donors (Lipinski definition) is 0. The zero-order valence-corrected chi connectivity index (χ0v) is 12.5. The van der Waals surface area contributed by atoms with Crippen molar-refractivity contribution in [1.29, 1.82) is 0 Å². The summed E-state index contributed by atoms with van der Waals surface area (Å²) >= 11 is 7.46. The fourth-order valence-electron chi connectivity index (χ4n) is 2.13. The zero-order chi connectivity index (χ0) is 13.4. The second-order valence-electron chi connectivity index (χ2n) is 4.56. The minimum Gasteiger partial charge on any atom is -0.288 e. The highest BCUT2D eigenvalue weighted by Crippen LogP contribution is 2.29. The predicted molar refractivity (Wildman–Crippen MR) is 78.2 cm³/mol. The Hall–Kier alpha value is -1.12. The van der Waals surface area contributed by atoms with Crippen LogP contribution in [0, 0.1) is 27.7 Å². The summed E-state index contributed by atoms with van der Waals surface area (Å²) in [7, 11) is 0.